The molecular weight excluding hydrogens is 400 g/mol. The van der Waals surface area contributed by atoms with Crippen LogP contribution >= 0.6 is 11.6 Å². The van der Waals surface area contributed by atoms with Crippen molar-refractivity contribution in [2.45, 2.75) is 12.0 Å². The molecule has 0 atom stereocenters. The first-order valence-electron chi connectivity index (χ1n) is 7.51. The molecule has 0 spiro atoms. The van der Waals surface area contributed by atoms with Gasteiger partial charge >= 0.3 is 0 Å². The van der Waals surface area contributed by atoms with Crippen LogP contribution in [0.5, 0.6) is 0 Å². The zero-order chi connectivity index (χ0) is 18.9. The molecule has 0 saturated carbocycles. The van der Waals surface area contributed by atoms with Gasteiger partial charge in [0, 0.05) is 16.5 Å². The first kappa shape index (κ1) is 18.6. The maximum Gasteiger partial charge on any atom is 0.295 e. The lowest BCUT2D eigenvalue weighted by Crippen LogP contribution is -2.18. The second-order valence-electron chi connectivity index (χ2n) is 5.40. The topological polar surface area (TPSA) is 105 Å². The Morgan fingerprint density at radius 2 is 1.69 bits per heavy atom. The normalized spacial score (nSPS) is 12.2. The molecule has 0 saturated heterocycles. The third-order valence-electron chi connectivity index (χ3n) is 3.54. The molecule has 0 aliphatic carbocycles. The number of hydrogen-bond donors (Lipinski definition) is 2. The first-order chi connectivity index (χ1) is 12.2. The number of fused-ring (bicyclic) bond motifs is 1. The maximum atomic E-state index is 12.6. The van der Waals surface area contributed by atoms with Crippen LogP contribution in [0.15, 0.2) is 58.0 Å². The number of anilines is 2. The smallest absolute Gasteiger partial charge is 0.295 e. The highest BCUT2D eigenvalue weighted by Gasteiger charge is 2.22. The molecule has 0 bridgehead atoms. The Morgan fingerprint density at radius 1 is 0.962 bits per heavy atom. The number of furan rings is 1. The van der Waals surface area contributed by atoms with E-state index in [9.17, 15) is 16.8 Å². The molecule has 1 heterocycles. The lowest BCUT2D eigenvalue weighted by molar-refractivity contribution is 0.484. The lowest BCUT2D eigenvalue weighted by atomic mass is 10.3. The third kappa shape index (κ3) is 3.95. The fraction of sp³-hybridized carbons (Fsp3) is 0.125. The zero-order valence-corrected chi connectivity index (χ0v) is 16.0. The van der Waals surface area contributed by atoms with E-state index in [1.165, 1.54) is 31.2 Å². The molecule has 2 N–H and O–H groups in total. The Hall–Kier alpha value is -2.23. The van der Waals surface area contributed by atoms with Gasteiger partial charge in [0.25, 0.3) is 10.0 Å². The van der Waals surface area contributed by atoms with Crippen molar-refractivity contribution in [2.24, 2.45) is 0 Å². The summed E-state index contributed by atoms with van der Waals surface area (Å²) in [5.41, 5.74) is 0.483. The summed E-state index contributed by atoms with van der Waals surface area (Å²) in [6, 6.07) is 12.4. The van der Waals surface area contributed by atoms with Crippen molar-refractivity contribution < 1.29 is 21.3 Å². The SMILES string of the molecule is CCS(=O)(=O)Nc1ccc(Cl)cc1NS(=O)(=O)c1cc2ccccc2o1. The van der Waals surface area contributed by atoms with E-state index in [0.29, 0.717) is 11.0 Å². The summed E-state index contributed by atoms with van der Waals surface area (Å²) < 4.78 is 58.9. The van der Waals surface area contributed by atoms with E-state index in [1.807, 2.05) is 0 Å². The van der Waals surface area contributed by atoms with Gasteiger partial charge in [-0.25, -0.2) is 8.42 Å². The van der Waals surface area contributed by atoms with Gasteiger partial charge in [0.2, 0.25) is 15.1 Å². The molecular formula is C16H15ClN2O5S2. The Kier molecular flexibility index (Phi) is 4.87. The molecule has 26 heavy (non-hydrogen) atoms. The lowest BCUT2D eigenvalue weighted by Gasteiger charge is -2.13. The van der Waals surface area contributed by atoms with E-state index in [2.05, 4.69) is 9.44 Å². The minimum absolute atomic E-state index is 0.00465. The Balaban J connectivity index is 2.00. The third-order valence-corrected chi connectivity index (χ3v) is 6.28. The standard InChI is InChI=1S/C16H15ClN2O5S2/c1-2-25(20,21)18-13-8-7-12(17)10-14(13)19-26(22,23)16-9-11-5-3-4-6-15(11)24-16/h3-10,18-19H,2H2,1H3. The Bertz CT molecular complexity index is 1140. The largest absolute Gasteiger partial charge is 0.443 e. The van der Waals surface area contributed by atoms with Crippen molar-refractivity contribution in [3.8, 4) is 0 Å². The number of benzene rings is 2. The van der Waals surface area contributed by atoms with Crippen LogP contribution in [0.25, 0.3) is 11.0 Å². The van der Waals surface area contributed by atoms with E-state index in [0.717, 1.165) is 0 Å². The average molecular weight is 415 g/mol. The van der Waals surface area contributed by atoms with Gasteiger partial charge in [-0.2, -0.15) is 8.42 Å². The van der Waals surface area contributed by atoms with Crippen LogP contribution in [-0.2, 0) is 20.0 Å². The van der Waals surface area contributed by atoms with Gasteiger partial charge in [-0.15, -0.1) is 0 Å². The molecule has 0 amide bonds. The number of nitrogens with one attached hydrogen (secondary N) is 2. The van der Waals surface area contributed by atoms with Gasteiger partial charge in [-0.1, -0.05) is 29.8 Å². The average Bonchev–Trinajstić information content (AvgIpc) is 3.02. The highest BCUT2D eigenvalue weighted by Crippen LogP contribution is 2.30. The minimum atomic E-state index is -4.09. The second kappa shape index (κ2) is 6.82. The molecule has 0 radical (unpaired) electrons. The number of para-hydroxylation sites is 1. The predicted octanol–water partition coefficient (Wildman–Crippen LogP) is 3.65. The molecule has 3 rings (SSSR count). The van der Waals surface area contributed by atoms with Crippen LogP contribution in [0.3, 0.4) is 0 Å². The first-order valence-corrected chi connectivity index (χ1v) is 11.0. The summed E-state index contributed by atoms with van der Waals surface area (Å²) in [4.78, 5) is 0. The maximum absolute atomic E-state index is 12.6. The van der Waals surface area contributed by atoms with E-state index in [1.54, 1.807) is 24.3 Å². The molecule has 10 heteroatoms. The highest BCUT2D eigenvalue weighted by molar-refractivity contribution is 7.93. The minimum Gasteiger partial charge on any atom is -0.443 e. The van der Waals surface area contributed by atoms with E-state index in [4.69, 9.17) is 16.0 Å². The summed E-state index contributed by atoms with van der Waals surface area (Å²) in [7, 11) is -7.69. The van der Waals surface area contributed by atoms with Gasteiger partial charge in [-0.3, -0.25) is 9.44 Å². The van der Waals surface area contributed by atoms with Crippen molar-refractivity contribution >= 4 is 54.0 Å². The Morgan fingerprint density at radius 3 is 2.38 bits per heavy atom. The van der Waals surface area contributed by atoms with Gasteiger partial charge in [0.15, 0.2) is 0 Å². The van der Waals surface area contributed by atoms with Crippen LogP contribution in [-0.4, -0.2) is 22.6 Å². The van der Waals surface area contributed by atoms with Gasteiger partial charge in [-0.05, 0) is 31.2 Å². The van der Waals surface area contributed by atoms with Crippen molar-refractivity contribution in [1.82, 2.24) is 0 Å². The molecule has 138 valence electrons. The summed E-state index contributed by atoms with van der Waals surface area (Å²) >= 11 is 5.93. The fourth-order valence-electron chi connectivity index (χ4n) is 2.21. The van der Waals surface area contributed by atoms with Gasteiger partial charge in [0.05, 0.1) is 17.1 Å². The molecule has 0 fully saturated rings. The highest BCUT2D eigenvalue weighted by atomic mass is 35.5. The summed E-state index contributed by atoms with van der Waals surface area (Å²) in [5, 5.41) is 0.584. The molecule has 0 aliphatic rings. The number of sulfonamides is 2. The van der Waals surface area contributed by atoms with Crippen LogP contribution in [0.2, 0.25) is 5.02 Å². The van der Waals surface area contributed by atoms with Crippen molar-refractivity contribution in [2.75, 3.05) is 15.2 Å². The van der Waals surface area contributed by atoms with E-state index >= 15 is 0 Å². The van der Waals surface area contributed by atoms with Crippen LogP contribution in [0, 0.1) is 0 Å². The van der Waals surface area contributed by atoms with Crippen LogP contribution < -0.4 is 9.44 Å². The second-order valence-corrected chi connectivity index (χ2v) is 9.46. The quantitative estimate of drug-likeness (QED) is 0.640. The molecule has 1 aromatic heterocycles. The van der Waals surface area contributed by atoms with E-state index < -0.39 is 20.0 Å². The number of rotatable bonds is 6. The van der Waals surface area contributed by atoms with Gasteiger partial charge < -0.3 is 4.42 Å². The van der Waals surface area contributed by atoms with Crippen LogP contribution in [0.1, 0.15) is 6.92 Å². The fourth-order valence-corrected chi connectivity index (χ4v) is 4.08. The molecule has 0 aliphatic heterocycles. The molecule has 2 aromatic carbocycles. The summed E-state index contributed by atoms with van der Waals surface area (Å²) in [5.74, 6) is -0.161. The number of halogens is 1. The monoisotopic (exact) mass is 414 g/mol. The predicted molar refractivity (Wildman–Crippen MR) is 102 cm³/mol. The van der Waals surface area contributed by atoms with Crippen LogP contribution in [0.4, 0.5) is 11.4 Å². The zero-order valence-electron chi connectivity index (χ0n) is 13.6. The summed E-state index contributed by atoms with van der Waals surface area (Å²) in [6.07, 6.45) is 0. The van der Waals surface area contributed by atoms with E-state index in [-0.39, 0.29) is 27.2 Å². The Labute approximate surface area is 156 Å². The molecule has 3 aromatic rings. The van der Waals surface area contributed by atoms with Crippen molar-refractivity contribution in [3.05, 3.63) is 53.6 Å². The number of hydrogen-bond acceptors (Lipinski definition) is 5. The van der Waals surface area contributed by atoms with Crippen molar-refractivity contribution in [1.29, 1.82) is 0 Å². The summed E-state index contributed by atoms with van der Waals surface area (Å²) in [6.45, 7) is 1.47. The van der Waals surface area contributed by atoms with Gasteiger partial charge in [0.1, 0.15) is 5.58 Å². The van der Waals surface area contributed by atoms with Crippen molar-refractivity contribution in [3.63, 3.8) is 0 Å². The molecule has 0 unspecified atom stereocenters. The molecule has 7 nitrogen and oxygen atoms in total.